The molecule has 2 aromatic carbocycles. The quantitative estimate of drug-likeness (QED) is 0.742. The van der Waals surface area contributed by atoms with E-state index in [1.165, 1.54) is 0 Å². The van der Waals surface area contributed by atoms with Crippen LogP contribution in [0.5, 0.6) is 0 Å². The summed E-state index contributed by atoms with van der Waals surface area (Å²) in [6, 6.07) is 18.7. The fraction of sp³-hybridized carbons (Fsp3) is 0.105. The molecule has 0 N–H and O–H groups in total. The fourth-order valence-corrected chi connectivity index (χ4v) is 2.60. The van der Waals surface area contributed by atoms with Crippen LogP contribution in [0.1, 0.15) is 22.3 Å². The van der Waals surface area contributed by atoms with Gasteiger partial charge in [0.15, 0.2) is 0 Å². The summed E-state index contributed by atoms with van der Waals surface area (Å²) >= 11 is 0. The van der Waals surface area contributed by atoms with Gasteiger partial charge in [-0.1, -0.05) is 36.4 Å². The molecule has 0 radical (unpaired) electrons. The molecular weight excluding hydrogens is 300 g/mol. The molecule has 0 fully saturated rings. The van der Waals surface area contributed by atoms with Gasteiger partial charge in [0.25, 0.3) is 0 Å². The molecule has 1 heterocycles. The molecule has 3 rings (SSSR count). The van der Waals surface area contributed by atoms with E-state index in [1.807, 2.05) is 24.3 Å². The second-order valence-electron chi connectivity index (χ2n) is 5.37. The molecule has 24 heavy (non-hydrogen) atoms. The van der Waals surface area contributed by atoms with E-state index >= 15 is 0 Å². The molecule has 0 aliphatic carbocycles. The third-order valence-corrected chi connectivity index (χ3v) is 3.87. The smallest absolute Gasteiger partial charge is 0.295 e. The Balaban J connectivity index is 1.89. The van der Waals surface area contributed by atoms with Crippen molar-refractivity contribution in [1.29, 1.82) is 10.5 Å². The summed E-state index contributed by atoms with van der Waals surface area (Å²) < 4.78 is 3.12. The first-order valence-corrected chi connectivity index (χ1v) is 7.44. The SMILES string of the molecule is N#Cc1ccccc1Cn1ccn(Cc2ccccc2C#N)c1=O. The van der Waals surface area contributed by atoms with Crippen molar-refractivity contribution < 1.29 is 0 Å². The topological polar surface area (TPSA) is 74.5 Å². The van der Waals surface area contributed by atoms with Gasteiger partial charge in [-0.2, -0.15) is 10.5 Å². The van der Waals surface area contributed by atoms with Crippen LogP contribution >= 0.6 is 0 Å². The number of rotatable bonds is 4. The van der Waals surface area contributed by atoms with E-state index in [4.69, 9.17) is 10.5 Å². The molecule has 0 atom stereocenters. The maximum atomic E-state index is 12.5. The third-order valence-electron chi connectivity index (χ3n) is 3.87. The van der Waals surface area contributed by atoms with E-state index in [9.17, 15) is 4.79 Å². The number of aromatic nitrogens is 2. The number of nitrogens with zero attached hydrogens (tertiary/aromatic N) is 4. The second-order valence-corrected chi connectivity index (χ2v) is 5.37. The molecule has 3 aromatic rings. The van der Waals surface area contributed by atoms with Crippen LogP contribution in [0.25, 0.3) is 0 Å². The highest BCUT2D eigenvalue weighted by atomic mass is 16.1. The summed E-state index contributed by atoms with van der Waals surface area (Å²) in [6.45, 7) is 0.685. The van der Waals surface area contributed by atoms with Crippen LogP contribution in [0.4, 0.5) is 0 Å². The van der Waals surface area contributed by atoms with Crippen molar-refractivity contribution in [2.45, 2.75) is 13.1 Å². The monoisotopic (exact) mass is 314 g/mol. The van der Waals surface area contributed by atoms with E-state index in [0.29, 0.717) is 24.2 Å². The van der Waals surface area contributed by atoms with E-state index in [1.54, 1.807) is 45.8 Å². The maximum Gasteiger partial charge on any atom is 0.328 e. The van der Waals surface area contributed by atoms with E-state index in [2.05, 4.69) is 12.1 Å². The summed E-state index contributed by atoms with van der Waals surface area (Å²) in [5, 5.41) is 18.3. The Kier molecular flexibility index (Phi) is 4.27. The molecule has 0 unspecified atom stereocenters. The van der Waals surface area contributed by atoms with Crippen molar-refractivity contribution >= 4 is 0 Å². The molecule has 0 spiro atoms. The van der Waals surface area contributed by atoms with Crippen molar-refractivity contribution in [3.8, 4) is 12.1 Å². The Morgan fingerprint density at radius 2 is 1.17 bits per heavy atom. The summed E-state index contributed by atoms with van der Waals surface area (Å²) in [7, 11) is 0. The van der Waals surface area contributed by atoms with Crippen LogP contribution in [0, 0.1) is 22.7 Å². The molecule has 0 aliphatic heterocycles. The van der Waals surface area contributed by atoms with Gasteiger partial charge >= 0.3 is 5.69 Å². The van der Waals surface area contributed by atoms with Crippen LogP contribution < -0.4 is 5.69 Å². The second kappa shape index (κ2) is 6.68. The Labute approximate surface area is 139 Å². The third kappa shape index (κ3) is 2.97. The number of hydrogen-bond acceptors (Lipinski definition) is 3. The molecule has 1 aromatic heterocycles. The molecule has 0 saturated carbocycles. The highest BCUT2D eigenvalue weighted by Crippen LogP contribution is 2.10. The van der Waals surface area contributed by atoms with Gasteiger partial charge in [-0.15, -0.1) is 0 Å². The van der Waals surface area contributed by atoms with Gasteiger partial charge in [-0.25, -0.2) is 4.79 Å². The van der Waals surface area contributed by atoms with Crippen molar-refractivity contribution in [2.24, 2.45) is 0 Å². The standard InChI is InChI=1S/C19H14N4O/c20-11-15-5-1-3-7-17(15)13-22-9-10-23(19(22)24)14-18-8-4-2-6-16(18)12-21/h1-10H,13-14H2. The van der Waals surface area contributed by atoms with Gasteiger partial charge in [-0.05, 0) is 23.3 Å². The van der Waals surface area contributed by atoms with Gasteiger partial charge < -0.3 is 0 Å². The highest BCUT2D eigenvalue weighted by molar-refractivity contribution is 5.38. The number of imidazole rings is 1. The van der Waals surface area contributed by atoms with Crippen LogP contribution in [0.15, 0.2) is 65.7 Å². The summed E-state index contributed by atoms with van der Waals surface area (Å²) in [4.78, 5) is 12.5. The highest BCUT2D eigenvalue weighted by Gasteiger charge is 2.09. The molecule has 5 heteroatoms. The van der Waals surface area contributed by atoms with E-state index in [0.717, 1.165) is 11.1 Å². The first kappa shape index (κ1) is 15.3. The summed E-state index contributed by atoms with van der Waals surface area (Å²) in [5.74, 6) is 0. The summed E-state index contributed by atoms with van der Waals surface area (Å²) in [5.41, 5.74) is 2.56. The Hall–Kier alpha value is -3.57. The predicted octanol–water partition coefficient (Wildman–Crippen LogP) is 2.49. The predicted molar refractivity (Wildman–Crippen MR) is 89.2 cm³/mol. The molecular formula is C19H14N4O. The van der Waals surface area contributed by atoms with Gasteiger partial charge in [-0.3, -0.25) is 9.13 Å². The molecule has 5 nitrogen and oxygen atoms in total. The van der Waals surface area contributed by atoms with Crippen molar-refractivity contribution in [1.82, 2.24) is 9.13 Å². The van der Waals surface area contributed by atoms with Crippen LogP contribution in [-0.4, -0.2) is 9.13 Å². The Bertz CT molecular complexity index is 935. The van der Waals surface area contributed by atoms with Gasteiger partial charge in [0.1, 0.15) is 0 Å². The largest absolute Gasteiger partial charge is 0.328 e. The van der Waals surface area contributed by atoms with E-state index in [-0.39, 0.29) is 5.69 Å². The van der Waals surface area contributed by atoms with Gasteiger partial charge in [0.2, 0.25) is 0 Å². The zero-order valence-corrected chi connectivity index (χ0v) is 12.9. The number of benzene rings is 2. The lowest BCUT2D eigenvalue weighted by Crippen LogP contribution is -2.25. The normalized spacial score (nSPS) is 10.1. The molecule has 0 bridgehead atoms. The minimum absolute atomic E-state index is 0.171. The van der Waals surface area contributed by atoms with Crippen LogP contribution in [-0.2, 0) is 13.1 Å². The minimum Gasteiger partial charge on any atom is -0.295 e. The van der Waals surface area contributed by atoms with Gasteiger partial charge in [0.05, 0.1) is 36.4 Å². The van der Waals surface area contributed by atoms with Crippen molar-refractivity contribution in [3.05, 3.63) is 93.7 Å². The Morgan fingerprint density at radius 3 is 1.58 bits per heavy atom. The fourth-order valence-electron chi connectivity index (χ4n) is 2.60. The zero-order valence-electron chi connectivity index (χ0n) is 12.9. The average Bonchev–Trinajstić information content (AvgIpc) is 2.96. The van der Waals surface area contributed by atoms with E-state index < -0.39 is 0 Å². The maximum absolute atomic E-state index is 12.5. The molecule has 116 valence electrons. The number of nitriles is 2. The van der Waals surface area contributed by atoms with Crippen LogP contribution in [0.3, 0.4) is 0 Å². The lowest BCUT2D eigenvalue weighted by Gasteiger charge is -2.05. The zero-order chi connectivity index (χ0) is 16.9. The van der Waals surface area contributed by atoms with Crippen molar-refractivity contribution in [2.75, 3.05) is 0 Å². The molecule has 0 saturated heterocycles. The first-order valence-electron chi connectivity index (χ1n) is 7.44. The minimum atomic E-state index is -0.171. The molecule has 0 amide bonds. The lowest BCUT2D eigenvalue weighted by molar-refractivity contribution is 0.683. The summed E-state index contributed by atoms with van der Waals surface area (Å²) in [6.07, 6.45) is 3.40. The van der Waals surface area contributed by atoms with Gasteiger partial charge in [0, 0.05) is 12.4 Å². The Morgan fingerprint density at radius 1 is 0.750 bits per heavy atom. The lowest BCUT2D eigenvalue weighted by atomic mass is 10.1. The first-order chi connectivity index (χ1) is 11.7. The molecule has 0 aliphatic rings. The average molecular weight is 314 g/mol. The number of hydrogen-bond donors (Lipinski definition) is 0. The van der Waals surface area contributed by atoms with Crippen LogP contribution in [0.2, 0.25) is 0 Å². The van der Waals surface area contributed by atoms with Crippen molar-refractivity contribution in [3.63, 3.8) is 0 Å².